The van der Waals surface area contributed by atoms with Gasteiger partial charge in [0.25, 0.3) is 0 Å². The zero-order chi connectivity index (χ0) is 35.8. The number of aromatic nitrogens is 4. The first-order valence-corrected chi connectivity index (χ1v) is 18.2. The highest BCUT2D eigenvalue weighted by molar-refractivity contribution is 6.14. The number of hydrogen-bond acceptors (Lipinski definition) is 3. The number of methoxy groups -OCH3 is 1. The van der Waals surface area contributed by atoms with Crippen molar-refractivity contribution in [3.63, 3.8) is 0 Å². The van der Waals surface area contributed by atoms with E-state index in [-0.39, 0.29) is 0 Å². The Morgan fingerprint density at radius 1 is 0.407 bits per heavy atom. The summed E-state index contributed by atoms with van der Waals surface area (Å²) < 4.78 is 10.2. The van der Waals surface area contributed by atoms with Crippen LogP contribution in [0.1, 0.15) is 0 Å². The van der Waals surface area contributed by atoms with Gasteiger partial charge in [-0.1, -0.05) is 127 Å². The van der Waals surface area contributed by atoms with E-state index in [0.29, 0.717) is 5.82 Å². The molecule has 11 rings (SSSR count). The number of fused-ring (bicyclic) bond motifs is 9. The first-order valence-electron chi connectivity index (χ1n) is 18.2. The van der Waals surface area contributed by atoms with Gasteiger partial charge in [0.2, 0.25) is 0 Å². The smallest absolute Gasteiger partial charge is 0.162 e. The van der Waals surface area contributed by atoms with Crippen LogP contribution in [0.5, 0.6) is 5.75 Å². The van der Waals surface area contributed by atoms with Crippen LogP contribution < -0.4 is 4.74 Å². The molecule has 11 aromatic rings. The molecular formula is C49H32N4O. The predicted molar refractivity (Wildman–Crippen MR) is 223 cm³/mol. The third-order valence-electron chi connectivity index (χ3n) is 10.8. The van der Waals surface area contributed by atoms with E-state index >= 15 is 0 Å². The van der Waals surface area contributed by atoms with E-state index < -0.39 is 0 Å². The molecular weight excluding hydrogens is 661 g/mol. The molecule has 54 heavy (non-hydrogen) atoms. The minimum absolute atomic E-state index is 0.676. The standard InChI is InChI=1S/C49H32N4O/c1-54-36-13-10-12-34(29-36)31-21-23-33(24-22-31)48-50-47-37-14-3-2-11-32(37)25-27-42(47)49(51-48)53-45-20-9-6-17-40(45)41-28-26-35(30-46(41)53)52-43-18-7-4-15-38(43)39-16-5-8-19-44(39)52/h2-30H,1H3. The minimum atomic E-state index is 0.676. The van der Waals surface area contributed by atoms with E-state index in [1.54, 1.807) is 7.11 Å². The summed E-state index contributed by atoms with van der Waals surface area (Å²) in [4.78, 5) is 10.8. The number of para-hydroxylation sites is 3. The van der Waals surface area contributed by atoms with E-state index in [1.807, 2.05) is 12.1 Å². The normalized spacial score (nSPS) is 11.8. The van der Waals surface area contributed by atoms with Crippen molar-refractivity contribution < 1.29 is 4.74 Å². The number of rotatable bonds is 5. The molecule has 254 valence electrons. The van der Waals surface area contributed by atoms with Gasteiger partial charge < -0.3 is 9.30 Å². The first-order chi connectivity index (χ1) is 26.7. The van der Waals surface area contributed by atoms with Crippen molar-refractivity contribution >= 4 is 65.3 Å². The lowest BCUT2D eigenvalue weighted by Gasteiger charge is -2.15. The fourth-order valence-corrected chi connectivity index (χ4v) is 8.29. The maximum atomic E-state index is 5.50. The average molecular weight is 693 g/mol. The molecule has 0 amide bonds. The Hall–Kier alpha value is -7.24. The zero-order valence-corrected chi connectivity index (χ0v) is 29.4. The quantitative estimate of drug-likeness (QED) is 0.169. The van der Waals surface area contributed by atoms with Crippen LogP contribution in [0.15, 0.2) is 176 Å². The Balaban J connectivity index is 1.19. The maximum Gasteiger partial charge on any atom is 0.162 e. The summed E-state index contributed by atoms with van der Waals surface area (Å²) in [6.45, 7) is 0. The molecule has 3 aromatic heterocycles. The summed E-state index contributed by atoms with van der Waals surface area (Å²) in [6, 6.07) is 62.3. The molecule has 0 atom stereocenters. The van der Waals surface area contributed by atoms with Crippen molar-refractivity contribution in [3.05, 3.63) is 176 Å². The second-order valence-electron chi connectivity index (χ2n) is 13.8. The summed E-state index contributed by atoms with van der Waals surface area (Å²) in [5.41, 5.74) is 9.71. The lowest BCUT2D eigenvalue weighted by Crippen LogP contribution is -2.03. The third kappa shape index (κ3) is 4.58. The lowest BCUT2D eigenvalue weighted by molar-refractivity contribution is 0.415. The van der Waals surface area contributed by atoms with Gasteiger partial charge in [-0.3, -0.25) is 4.57 Å². The molecule has 0 bridgehead atoms. The van der Waals surface area contributed by atoms with Crippen molar-refractivity contribution in [2.24, 2.45) is 0 Å². The van der Waals surface area contributed by atoms with Crippen LogP contribution in [-0.4, -0.2) is 26.2 Å². The zero-order valence-electron chi connectivity index (χ0n) is 29.4. The van der Waals surface area contributed by atoms with Crippen molar-refractivity contribution in [1.82, 2.24) is 19.1 Å². The molecule has 0 aliphatic heterocycles. The Bertz CT molecular complexity index is 3210. The van der Waals surface area contributed by atoms with Gasteiger partial charge in [0.15, 0.2) is 5.82 Å². The number of benzene rings is 8. The van der Waals surface area contributed by atoms with Crippen LogP contribution in [0.2, 0.25) is 0 Å². The number of ether oxygens (including phenoxy) is 1. The SMILES string of the molecule is COc1cccc(-c2ccc(-c3nc(-n4c5ccccc5c5ccc(-n6c7ccccc7c7ccccc76)cc54)c4ccc5ccccc5c4n3)cc2)c1. The highest BCUT2D eigenvalue weighted by Gasteiger charge is 2.20. The van der Waals surface area contributed by atoms with Crippen LogP contribution >= 0.6 is 0 Å². The molecule has 0 spiro atoms. The van der Waals surface area contributed by atoms with Crippen molar-refractivity contribution in [2.45, 2.75) is 0 Å². The Morgan fingerprint density at radius 3 is 1.70 bits per heavy atom. The summed E-state index contributed by atoms with van der Waals surface area (Å²) in [5.74, 6) is 2.36. The third-order valence-corrected chi connectivity index (χ3v) is 10.8. The highest BCUT2D eigenvalue weighted by Crippen LogP contribution is 2.39. The fourth-order valence-electron chi connectivity index (χ4n) is 8.29. The van der Waals surface area contributed by atoms with Crippen LogP contribution in [0.25, 0.3) is 99.3 Å². The van der Waals surface area contributed by atoms with Crippen LogP contribution in [-0.2, 0) is 0 Å². The van der Waals surface area contributed by atoms with Gasteiger partial charge in [0, 0.05) is 43.6 Å². The van der Waals surface area contributed by atoms with E-state index in [4.69, 9.17) is 14.7 Å². The molecule has 3 heterocycles. The van der Waals surface area contributed by atoms with Gasteiger partial charge >= 0.3 is 0 Å². The van der Waals surface area contributed by atoms with Gasteiger partial charge in [0.05, 0.1) is 34.7 Å². The number of hydrogen-bond donors (Lipinski definition) is 0. The van der Waals surface area contributed by atoms with Gasteiger partial charge in [-0.05, 0) is 65.0 Å². The molecule has 0 unspecified atom stereocenters. The number of nitrogens with zero attached hydrogens (tertiary/aromatic N) is 4. The molecule has 8 aromatic carbocycles. The summed E-state index contributed by atoms with van der Waals surface area (Å²) in [7, 11) is 1.70. The van der Waals surface area contributed by atoms with E-state index in [9.17, 15) is 0 Å². The van der Waals surface area contributed by atoms with Crippen LogP contribution in [0, 0.1) is 0 Å². The van der Waals surface area contributed by atoms with E-state index in [1.165, 1.54) is 32.6 Å². The largest absolute Gasteiger partial charge is 0.497 e. The average Bonchev–Trinajstić information content (AvgIpc) is 3.76. The molecule has 0 fully saturated rings. The Labute approximate surface area is 311 Å². The van der Waals surface area contributed by atoms with Crippen LogP contribution in [0.4, 0.5) is 0 Å². The molecule has 0 aliphatic carbocycles. The molecule has 0 aliphatic rings. The van der Waals surface area contributed by atoms with Crippen molar-refractivity contribution in [3.8, 4) is 39.8 Å². The lowest BCUT2D eigenvalue weighted by atomic mass is 10.0. The molecule has 5 heteroatoms. The molecule has 0 radical (unpaired) electrons. The van der Waals surface area contributed by atoms with E-state index in [2.05, 4.69) is 173 Å². The van der Waals surface area contributed by atoms with Crippen LogP contribution in [0.3, 0.4) is 0 Å². The second-order valence-corrected chi connectivity index (χ2v) is 13.8. The van der Waals surface area contributed by atoms with Gasteiger partial charge in [0.1, 0.15) is 11.6 Å². The highest BCUT2D eigenvalue weighted by atomic mass is 16.5. The molecule has 0 saturated carbocycles. The topological polar surface area (TPSA) is 44.9 Å². The van der Waals surface area contributed by atoms with Crippen molar-refractivity contribution in [2.75, 3.05) is 7.11 Å². The first kappa shape index (κ1) is 30.4. The van der Waals surface area contributed by atoms with E-state index in [0.717, 1.165) is 66.7 Å². The predicted octanol–water partition coefficient (Wildman–Crippen LogP) is 12.3. The summed E-state index contributed by atoms with van der Waals surface area (Å²) in [6.07, 6.45) is 0. The fraction of sp³-hybridized carbons (Fsp3) is 0.0204. The van der Waals surface area contributed by atoms with Crippen molar-refractivity contribution in [1.29, 1.82) is 0 Å². The monoisotopic (exact) mass is 692 g/mol. The Kier molecular flexibility index (Phi) is 6.70. The Morgan fingerprint density at radius 2 is 1.00 bits per heavy atom. The van der Waals surface area contributed by atoms with Gasteiger partial charge in [-0.15, -0.1) is 0 Å². The van der Waals surface area contributed by atoms with Gasteiger partial charge in [-0.25, -0.2) is 9.97 Å². The minimum Gasteiger partial charge on any atom is -0.497 e. The summed E-state index contributed by atoms with van der Waals surface area (Å²) in [5, 5.41) is 8.07. The second kappa shape index (κ2) is 11.9. The van der Waals surface area contributed by atoms with Gasteiger partial charge in [-0.2, -0.15) is 0 Å². The summed E-state index contributed by atoms with van der Waals surface area (Å²) >= 11 is 0. The molecule has 0 saturated heterocycles. The maximum absolute atomic E-state index is 5.50. The molecule has 0 N–H and O–H groups in total. The molecule has 5 nitrogen and oxygen atoms in total.